The predicted molar refractivity (Wildman–Crippen MR) is 75.3 cm³/mol. The van der Waals surface area contributed by atoms with Crippen LogP contribution in [-0.4, -0.2) is 10.8 Å². The number of hydrogen-bond donors (Lipinski definition) is 1. The first kappa shape index (κ1) is 12.5. The van der Waals surface area contributed by atoms with E-state index in [1.807, 2.05) is 42.5 Å². The van der Waals surface area contributed by atoms with Crippen LogP contribution in [0, 0.1) is 0 Å². The highest BCUT2D eigenvalue weighted by molar-refractivity contribution is 6.01. The Hall–Kier alpha value is -1.93. The molecule has 1 N–H and O–H groups in total. The van der Waals surface area contributed by atoms with E-state index >= 15 is 0 Å². The maximum atomic E-state index is 9.31. The zero-order chi connectivity index (χ0) is 12.8. The van der Waals surface area contributed by atoms with Crippen molar-refractivity contribution in [3.05, 3.63) is 65.7 Å². The lowest BCUT2D eigenvalue weighted by Gasteiger charge is -2.06. The van der Waals surface area contributed by atoms with Crippen molar-refractivity contribution in [1.82, 2.24) is 0 Å². The number of para-hydroxylation sites is 1. The minimum Gasteiger partial charge on any atom is -0.392 e. The highest BCUT2D eigenvalue weighted by Gasteiger charge is 2.03. The SMILES string of the molecule is CCC(=Nc1ccccc1CO)c1ccccc1. The Kier molecular flexibility index (Phi) is 4.26. The standard InChI is InChI=1S/C16H17NO/c1-2-15(13-8-4-3-5-9-13)17-16-11-7-6-10-14(16)12-18/h3-11,18H,2,12H2,1H3. The van der Waals surface area contributed by atoms with Crippen LogP contribution < -0.4 is 0 Å². The van der Waals surface area contributed by atoms with Crippen LogP contribution in [0.15, 0.2) is 59.6 Å². The summed E-state index contributed by atoms with van der Waals surface area (Å²) < 4.78 is 0. The zero-order valence-corrected chi connectivity index (χ0v) is 10.5. The first-order valence-electron chi connectivity index (χ1n) is 6.17. The molecule has 0 saturated heterocycles. The van der Waals surface area contributed by atoms with E-state index in [0.29, 0.717) is 0 Å². The van der Waals surface area contributed by atoms with Gasteiger partial charge in [-0.05, 0) is 18.1 Å². The van der Waals surface area contributed by atoms with Crippen LogP contribution in [0.25, 0.3) is 0 Å². The number of aliphatic hydroxyl groups is 1. The first-order chi connectivity index (χ1) is 8.85. The van der Waals surface area contributed by atoms with Gasteiger partial charge in [0.05, 0.1) is 12.3 Å². The smallest absolute Gasteiger partial charge is 0.0702 e. The second kappa shape index (κ2) is 6.12. The molecule has 18 heavy (non-hydrogen) atoms. The summed E-state index contributed by atoms with van der Waals surface area (Å²) in [7, 11) is 0. The lowest BCUT2D eigenvalue weighted by molar-refractivity contribution is 0.282. The second-order valence-corrected chi connectivity index (χ2v) is 4.06. The van der Waals surface area contributed by atoms with E-state index in [9.17, 15) is 5.11 Å². The summed E-state index contributed by atoms with van der Waals surface area (Å²) in [5.74, 6) is 0. The summed E-state index contributed by atoms with van der Waals surface area (Å²) in [5, 5.41) is 9.31. The fourth-order valence-corrected chi connectivity index (χ4v) is 1.88. The van der Waals surface area contributed by atoms with Gasteiger partial charge in [-0.25, -0.2) is 0 Å². The molecule has 0 saturated carbocycles. The molecule has 0 aliphatic rings. The molecule has 0 radical (unpaired) electrons. The van der Waals surface area contributed by atoms with Gasteiger partial charge in [0.1, 0.15) is 0 Å². The highest BCUT2D eigenvalue weighted by Crippen LogP contribution is 2.20. The number of aliphatic hydroxyl groups excluding tert-OH is 1. The average Bonchev–Trinajstić information content (AvgIpc) is 2.46. The Bertz CT molecular complexity index is 532. The Morgan fingerprint density at radius 1 is 1.00 bits per heavy atom. The third-order valence-corrected chi connectivity index (χ3v) is 2.86. The van der Waals surface area contributed by atoms with Crippen molar-refractivity contribution in [3.8, 4) is 0 Å². The largest absolute Gasteiger partial charge is 0.392 e. The number of benzene rings is 2. The predicted octanol–water partition coefficient (Wildman–Crippen LogP) is 3.71. The maximum absolute atomic E-state index is 9.31. The van der Waals surface area contributed by atoms with E-state index in [2.05, 4.69) is 24.0 Å². The first-order valence-corrected chi connectivity index (χ1v) is 6.17. The molecular weight excluding hydrogens is 222 g/mol. The third-order valence-electron chi connectivity index (χ3n) is 2.86. The molecule has 0 atom stereocenters. The van der Waals surface area contributed by atoms with Gasteiger partial charge in [0.25, 0.3) is 0 Å². The molecule has 0 aromatic heterocycles. The van der Waals surface area contributed by atoms with Crippen LogP contribution in [0.5, 0.6) is 0 Å². The number of aliphatic imine (C=N–C) groups is 1. The summed E-state index contributed by atoms with van der Waals surface area (Å²) in [5.41, 5.74) is 3.88. The fourth-order valence-electron chi connectivity index (χ4n) is 1.88. The van der Waals surface area contributed by atoms with E-state index in [1.54, 1.807) is 0 Å². The molecule has 2 rings (SSSR count). The molecule has 92 valence electrons. The van der Waals surface area contributed by atoms with Crippen molar-refractivity contribution in [2.45, 2.75) is 20.0 Å². The average molecular weight is 239 g/mol. The van der Waals surface area contributed by atoms with Gasteiger partial charge < -0.3 is 5.11 Å². The fraction of sp³-hybridized carbons (Fsp3) is 0.188. The number of hydrogen-bond acceptors (Lipinski definition) is 2. The monoisotopic (exact) mass is 239 g/mol. The van der Waals surface area contributed by atoms with E-state index in [0.717, 1.165) is 28.9 Å². The minimum atomic E-state index is 0.0193. The van der Waals surface area contributed by atoms with Gasteiger partial charge in [0.15, 0.2) is 0 Å². The summed E-state index contributed by atoms with van der Waals surface area (Å²) >= 11 is 0. The molecular formula is C16H17NO. The van der Waals surface area contributed by atoms with E-state index in [4.69, 9.17) is 0 Å². The molecule has 0 heterocycles. The topological polar surface area (TPSA) is 32.6 Å². The van der Waals surface area contributed by atoms with Crippen LogP contribution in [-0.2, 0) is 6.61 Å². The minimum absolute atomic E-state index is 0.0193. The summed E-state index contributed by atoms with van der Waals surface area (Å²) in [6.45, 7) is 2.11. The molecule has 0 aliphatic heterocycles. The quantitative estimate of drug-likeness (QED) is 0.810. The molecule has 0 fully saturated rings. The third kappa shape index (κ3) is 2.84. The lowest BCUT2D eigenvalue weighted by atomic mass is 10.1. The second-order valence-electron chi connectivity index (χ2n) is 4.06. The van der Waals surface area contributed by atoms with Crippen molar-refractivity contribution in [2.24, 2.45) is 4.99 Å². The molecule has 0 unspecified atom stereocenters. The number of nitrogens with zero attached hydrogens (tertiary/aromatic N) is 1. The Morgan fingerprint density at radius 3 is 2.33 bits per heavy atom. The van der Waals surface area contributed by atoms with Crippen molar-refractivity contribution >= 4 is 11.4 Å². The van der Waals surface area contributed by atoms with Crippen LogP contribution in [0.3, 0.4) is 0 Å². The lowest BCUT2D eigenvalue weighted by Crippen LogP contribution is -1.98. The van der Waals surface area contributed by atoms with Crippen molar-refractivity contribution in [3.63, 3.8) is 0 Å². The van der Waals surface area contributed by atoms with Crippen LogP contribution in [0.2, 0.25) is 0 Å². The van der Waals surface area contributed by atoms with Gasteiger partial charge in [0, 0.05) is 11.3 Å². The molecule has 0 amide bonds. The van der Waals surface area contributed by atoms with Gasteiger partial charge in [0.2, 0.25) is 0 Å². The summed E-state index contributed by atoms with van der Waals surface area (Å²) in [6.07, 6.45) is 0.865. The number of rotatable bonds is 4. The maximum Gasteiger partial charge on any atom is 0.0702 e. The van der Waals surface area contributed by atoms with Gasteiger partial charge in [-0.1, -0.05) is 55.5 Å². The van der Waals surface area contributed by atoms with Gasteiger partial charge in [-0.3, -0.25) is 4.99 Å². The molecule has 2 aromatic carbocycles. The Morgan fingerprint density at radius 2 is 1.67 bits per heavy atom. The highest BCUT2D eigenvalue weighted by atomic mass is 16.3. The molecule has 0 bridgehead atoms. The molecule has 0 spiro atoms. The van der Waals surface area contributed by atoms with Crippen molar-refractivity contribution < 1.29 is 5.11 Å². The Labute approximate surface area is 108 Å². The van der Waals surface area contributed by atoms with Gasteiger partial charge in [-0.2, -0.15) is 0 Å². The molecule has 2 aromatic rings. The normalized spacial score (nSPS) is 11.6. The van der Waals surface area contributed by atoms with Gasteiger partial charge >= 0.3 is 0 Å². The van der Waals surface area contributed by atoms with Crippen LogP contribution in [0.4, 0.5) is 5.69 Å². The molecule has 2 heteroatoms. The van der Waals surface area contributed by atoms with Crippen LogP contribution >= 0.6 is 0 Å². The van der Waals surface area contributed by atoms with E-state index in [-0.39, 0.29) is 6.61 Å². The summed E-state index contributed by atoms with van der Waals surface area (Å²) in [4.78, 5) is 4.67. The zero-order valence-electron chi connectivity index (χ0n) is 10.5. The molecule has 0 aliphatic carbocycles. The van der Waals surface area contributed by atoms with E-state index in [1.165, 1.54) is 0 Å². The molecule has 2 nitrogen and oxygen atoms in total. The van der Waals surface area contributed by atoms with Gasteiger partial charge in [-0.15, -0.1) is 0 Å². The van der Waals surface area contributed by atoms with E-state index < -0.39 is 0 Å². The Balaban J connectivity index is 2.41. The van der Waals surface area contributed by atoms with Crippen LogP contribution in [0.1, 0.15) is 24.5 Å². The van der Waals surface area contributed by atoms with Crippen molar-refractivity contribution in [2.75, 3.05) is 0 Å². The van der Waals surface area contributed by atoms with Crippen molar-refractivity contribution in [1.29, 1.82) is 0 Å². The summed E-state index contributed by atoms with van der Waals surface area (Å²) in [6, 6.07) is 17.8.